The summed E-state index contributed by atoms with van der Waals surface area (Å²) in [6.45, 7) is 1.34. The van der Waals surface area contributed by atoms with E-state index in [9.17, 15) is 9.59 Å². The number of benzene rings is 2. The Balaban J connectivity index is 2.00. The van der Waals surface area contributed by atoms with Gasteiger partial charge in [0, 0.05) is 23.6 Å². The third-order valence-electron chi connectivity index (χ3n) is 4.19. The Hall–Kier alpha value is -3.11. The fourth-order valence-corrected chi connectivity index (χ4v) is 3.20. The van der Waals surface area contributed by atoms with Crippen LogP contribution < -0.4 is 4.74 Å². The highest BCUT2D eigenvalue weighted by Gasteiger charge is 2.20. The van der Waals surface area contributed by atoms with Gasteiger partial charge in [-0.15, -0.1) is 0 Å². The lowest BCUT2D eigenvalue weighted by Gasteiger charge is -2.07. The highest BCUT2D eigenvalue weighted by atomic mass is 35.5. The Bertz CT molecular complexity index is 1160. The van der Waals surface area contributed by atoms with Crippen molar-refractivity contribution in [2.45, 2.75) is 6.92 Å². The number of fused-ring (bicyclic) bond motifs is 3. The predicted octanol–water partition coefficient (Wildman–Crippen LogP) is 4.90. The molecule has 4 nitrogen and oxygen atoms in total. The number of esters is 1. The number of pyridine rings is 1. The molecule has 2 aromatic carbocycles. The Kier molecular flexibility index (Phi) is 3.98. The van der Waals surface area contributed by atoms with E-state index in [0.29, 0.717) is 27.5 Å². The first-order chi connectivity index (χ1) is 12.5. The van der Waals surface area contributed by atoms with Gasteiger partial charge in [0.2, 0.25) is 5.78 Å². The molecule has 2 heterocycles. The third kappa shape index (κ3) is 2.74. The lowest BCUT2D eigenvalue weighted by molar-refractivity contribution is -0.131. The topological polar surface area (TPSA) is 47.8 Å². The zero-order valence-electron chi connectivity index (χ0n) is 13.9. The van der Waals surface area contributed by atoms with Crippen LogP contribution in [0.1, 0.15) is 23.0 Å². The van der Waals surface area contributed by atoms with Crippen molar-refractivity contribution < 1.29 is 14.3 Å². The minimum absolute atomic E-state index is 0.175. The second-order valence-electron chi connectivity index (χ2n) is 5.94. The molecule has 4 aromatic rings. The van der Waals surface area contributed by atoms with Gasteiger partial charge in [-0.1, -0.05) is 35.9 Å². The van der Waals surface area contributed by atoms with E-state index in [-0.39, 0.29) is 5.78 Å². The summed E-state index contributed by atoms with van der Waals surface area (Å²) in [5, 5.41) is 1.54. The lowest BCUT2D eigenvalue weighted by atomic mass is 10.1. The highest BCUT2D eigenvalue weighted by molar-refractivity contribution is 6.30. The van der Waals surface area contributed by atoms with Crippen LogP contribution in [0.2, 0.25) is 5.02 Å². The van der Waals surface area contributed by atoms with Gasteiger partial charge in [-0.2, -0.15) is 0 Å². The molecule has 0 aliphatic heterocycles. The molecule has 0 aliphatic rings. The molecule has 2 aromatic heterocycles. The van der Waals surface area contributed by atoms with Crippen molar-refractivity contribution in [1.29, 1.82) is 0 Å². The van der Waals surface area contributed by atoms with E-state index >= 15 is 0 Å². The Morgan fingerprint density at radius 1 is 0.923 bits per heavy atom. The largest absolute Gasteiger partial charge is 0.424 e. The first kappa shape index (κ1) is 16.4. The van der Waals surface area contributed by atoms with Crippen LogP contribution in [0.5, 0.6) is 5.75 Å². The highest BCUT2D eigenvalue weighted by Crippen LogP contribution is 2.30. The zero-order valence-corrected chi connectivity index (χ0v) is 14.7. The third-order valence-corrected chi connectivity index (χ3v) is 4.45. The molecule has 4 rings (SSSR count). The van der Waals surface area contributed by atoms with Gasteiger partial charge in [0.25, 0.3) is 0 Å². The summed E-state index contributed by atoms with van der Waals surface area (Å²) < 4.78 is 7.15. The van der Waals surface area contributed by atoms with Gasteiger partial charge in [0.05, 0.1) is 16.7 Å². The summed E-state index contributed by atoms with van der Waals surface area (Å²) in [5.74, 6) is -0.247. The van der Waals surface area contributed by atoms with Gasteiger partial charge in [-0.25, -0.2) is 0 Å². The van der Waals surface area contributed by atoms with Crippen molar-refractivity contribution in [2.75, 3.05) is 0 Å². The number of aromatic nitrogens is 1. The Labute approximate surface area is 154 Å². The fraction of sp³-hybridized carbons (Fsp3) is 0.0476. The van der Waals surface area contributed by atoms with E-state index in [1.54, 1.807) is 30.3 Å². The number of ether oxygens (including phenoxy) is 1. The second kappa shape index (κ2) is 6.32. The maximum absolute atomic E-state index is 13.1. The average Bonchev–Trinajstić information content (AvgIpc) is 3.00. The van der Waals surface area contributed by atoms with E-state index in [1.807, 2.05) is 40.8 Å². The molecule has 0 amide bonds. The van der Waals surface area contributed by atoms with E-state index < -0.39 is 5.97 Å². The van der Waals surface area contributed by atoms with Gasteiger partial charge in [0.1, 0.15) is 0 Å². The van der Waals surface area contributed by atoms with Gasteiger partial charge in [0.15, 0.2) is 5.75 Å². The van der Waals surface area contributed by atoms with Gasteiger partial charge in [-0.05, 0) is 41.8 Å². The van der Waals surface area contributed by atoms with E-state index in [0.717, 1.165) is 10.9 Å². The van der Waals surface area contributed by atoms with Gasteiger partial charge >= 0.3 is 5.97 Å². The molecular formula is C21H14ClNO3. The Morgan fingerprint density at radius 2 is 1.65 bits per heavy atom. The van der Waals surface area contributed by atoms with Crippen molar-refractivity contribution in [3.63, 3.8) is 0 Å². The molecule has 0 unspecified atom stereocenters. The molecule has 5 heteroatoms. The van der Waals surface area contributed by atoms with Crippen LogP contribution in [0.15, 0.2) is 66.7 Å². The maximum atomic E-state index is 13.1. The lowest BCUT2D eigenvalue weighted by Crippen LogP contribution is -2.05. The maximum Gasteiger partial charge on any atom is 0.308 e. The van der Waals surface area contributed by atoms with Crippen molar-refractivity contribution in [1.82, 2.24) is 4.40 Å². The summed E-state index contributed by atoms with van der Waals surface area (Å²) >= 11 is 5.92. The first-order valence-electron chi connectivity index (χ1n) is 8.06. The Morgan fingerprint density at radius 3 is 2.38 bits per heavy atom. The van der Waals surface area contributed by atoms with Crippen LogP contribution in [-0.2, 0) is 4.79 Å². The number of carbonyl (C=O) groups is 2. The van der Waals surface area contributed by atoms with E-state index in [2.05, 4.69) is 0 Å². The summed E-state index contributed by atoms with van der Waals surface area (Å²) in [5.41, 5.74) is 2.46. The molecular weight excluding hydrogens is 350 g/mol. The molecule has 0 spiro atoms. The van der Waals surface area contributed by atoms with Crippen LogP contribution in [0.4, 0.5) is 0 Å². The number of carbonyl (C=O) groups excluding carboxylic acids is 2. The standard InChI is InChI=1S/C21H14ClNO3/c1-13(24)26-20-12-19(21(25)15-6-9-16(22)10-7-15)23-17-5-3-2-4-14(17)8-11-18(20)23/h2-12H,1H3. The predicted molar refractivity (Wildman–Crippen MR) is 101 cm³/mol. The number of rotatable bonds is 3. The number of nitrogens with zero attached hydrogens (tertiary/aromatic N) is 1. The number of ketones is 1. The second-order valence-corrected chi connectivity index (χ2v) is 6.37. The van der Waals surface area contributed by atoms with Crippen molar-refractivity contribution in [3.05, 3.63) is 83.0 Å². The minimum Gasteiger partial charge on any atom is -0.424 e. The van der Waals surface area contributed by atoms with Gasteiger partial charge in [-0.3, -0.25) is 9.59 Å². The summed E-state index contributed by atoms with van der Waals surface area (Å²) in [7, 11) is 0. The smallest absolute Gasteiger partial charge is 0.308 e. The van der Waals surface area contributed by atoms with E-state index in [1.165, 1.54) is 6.92 Å². The monoisotopic (exact) mass is 363 g/mol. The van der Waals surface area contributed by atoms with Crippen molar-refractivity contribution in [3.8, 4) is 5.75 Å². The van der Waals surface area contributed by atoms with Crippen LogP contribution in [0, 0.1) is 0 Å². The molecule has 0 saturated heterocycles. The van der Waals surface area contributed by atoms with Crippen molar-refractivity contribution >= 4 is 39.8 Å². The molecule has 0 saturated carbocycles. The van der Waals surface area contributed by atoms with Crippen LogP contribution in [0.25, 0.3) is 16.4 Å². The quantitative estimate of drug-likeness (QED) is 0.384. The molecule has 0 atom stereocenters. The summed E-state index contributed by atoms with van der Waals surface area (Å²) in [6, 6.07) is 19.9. The van der Waals surface area contributed by atoms with Crippen LogP contribution in [-0.4, -0.2) is 16.2 Å². The zero-order chi connectivity index (χ0) is 18.3. The normalized spacial score (nSPS) is 11.0. The average molecular weight is 364 g/mol. The van der Waals surface area contributed by atoms with Crippen LogP contribution in [0.3, 0.4) is 0 Å². The SMILES string of the molecule is CC(=O)Oc1cc(C(=O)c2ccc(Cl)cc2)n2c1ccc1ccccc12. The minimum atomic E-state index is -0.434. The number of para-hydroxylation sites is 1. The molecule has 0 radical (unpaired) electrons. The van der Waals surface area contributed by atoms with Crippen molar-refractivity contribution in [2.24, 2.45) is 0 Å². The number of hydrogen-bond donors (Lipinski definition) is 0. The molecule has 0 bridgehead atoms. The summed E-state index contributed by atoms with van der Waals surface area (Å²) in [6.07, 6.45) is 0. The molecule has 128 valence electrons. The first-order valence-corrected chi connectivity index (χ1v) is 8.44. The molecule has 26 heavy (non-hydrogen) atoms. The summed E-state index contributed by atoms with van der Waals surface area (Å²) in [4.78, 5) is 24.6. The van der Waals surface area contributed by atoms with Gasteiger partial charge < -0.3 is 9.14 Å². The van der Waals surface area contributed by atoms with E-state index in [4.69, 9.17) is 16.3 Å². The number of hydrogen-bond acceptors (Lipinski definition) is 3. The molecule has 0 N–H and O–H groups in total. The molecule has 0 fully saturated rings. The molecule has 0 aliphatic carbocycles. The fourth-order valence-electron chi connectivity index (χ4n) is 3.07. The number of halogens is 1. The van der Waals surface area contributed by atoms with Crippen LogP contribution >= 0.6 is 11.6 Å².